The minimum atomic E-state index is 0.740. The molecule has 4 nitrogen and oxygen atoms in total. The Kier molecular flexibility index (Phi) is 7.86. The summed E-state index contributed by atoms with van der Waals surface area (Å²) in [4.78, 5) is 10.2. The molecule has 0 radical (unpaired) electrons. The van der Waals surface area contributed by atoms with Crippen molar-refractivity contribution in [3.8, 4) is 22.6 Å². The van der Waals surface area contributed by atoms with Crippen LogP contribution in [0.25, 0.3) is 54.7 Å². The fraction of sp³-hybridized carbons (Fsp3) is 0.316. The maximum Gasteiger partial charge on any atom is 0.120 e. The van der Waals surface area contributed by atoms with Crippen LogP contribution in [0.5, 0.6) is 11.5 Å². The van der Waals surface area contributed by atoms with Gasteiger partial charge >= 0.3 is 0 Å². The summed E-state index contributed by atoms with van der Waals surface area (Å²) in [6.07, 6.45) is 12.5. The highest BCUT2D eigenvalue weighted by Crippen LogP contribution is 2.43. The van der Waals surface area contributed by atoms with E-state index in [4.69, 9.17) is 19.4 Å². The molecule has 7 rings (SSSR count). The first-order valence-corrected chi connectivity index (χ1v) is 15.8. The monoisotopic (exact) mass is 554 g/mol. The number of fused-ring (bicyclic) bond motifs is 7. The molecule has 0 spiro atoms. The molecule has 0 amide bonds. The van der Waals surface area contributed by atoms with Gasteiger partial charge in [0.1, 0.15) is 11.5 Å². The molecular weight excluding hydrogens is 516 g/mol. The molecule has 2 aromatic heterocycles. The SMILES string of the molecule is c1ccc2c3c4cc(ccc4nc2c1)OCCCCCCCCCCCCOc1ccc2nc4ccccc4c-3c2c1. The minimum Gasteiger partial charge on any atom is -0.494 e. The van der Waals surface area contributed by atoms with Gasteiger partial charge < -0.3 is 9.47 Å². The van der Waals surface area contributed by atoms with E-state index in [1.165, 1.54) is 62.5 Å². The van der Waals surface area contributed by atoms with Gasteiger partial charge in [-0.2, -0.15) is 0 Å². The maximum absolute atomic E-state index is 6.34. The first-order valence-electron chi connectivity index (χ1n) is 15.8. The smallest absolute Gasteiger partial charge is 0.120 e. The predicted octanol–water partition coefficient (Wildman–Crippen LogP) is 10.4. The van der Waals surface area contributed by atoms with Gasteiger partial charge in [0.15, 0.2) is 0 Å². The Bertz CT molecular complexity index is 1730. The normalized spacial score (nSPS) is 15.8. The van der Waals surface area contributed by atoms with Crippen molar-refractivity contribution in [2.24, 2.45) is 0 Å². The summed E-state index contributed by atoms with van der Waals surface area (Å²) in [6, 6.07) is 29.7. The second-order valence-electron chi connectivity index (χ2n) is 11.6. The fourth-order valence-electron chi connectivity index (χ4n) is 6.46. The highest BCUT2D eigenvalue weighted by atomic mass is 16.5. The van der Waals surface area contributed by atoms with E-state index >= 15 is 0 Å². The second-order valence-corrected chi connectivity index (χ2v) is 11.6. The van der Waals surface area contributed by atoms with Crippen molar-refractivity contribution >= 4 is 43.6 Å². The van der Waals surface area contributed by atoms with Crippen molar-refractivity contribution in [2.45, 2.75) is 64.2 Å². The van der Waals surface area contributed by atoms with Gasteiger partial charge in [0.05, 0.1) is 35.3 Å². The standard InChI is InChI=1S/C38H38N2O2/c1-2-4-6-8-14-24-42-28-20-22-36-32(26-28)38(30-16-10-12-18-34(30)40-36)37-29-15-9-11-17-33(29)39-35-21-19-27(25-31(35)37)41-23-13-7-5-3-1/h9-12,15-22,25-26H,1-8,13-14,23-24H2. The first kappa shape index (κ1) is 26.7. The van der Waals surface area contributed by atoms with Crippen molar-refractivity contribution in [3.63, 3.8) is 0 Å². The van der Waals surface area contributed by atoms with E-state index in [-0.39, 0.29) is 0 Å². The van der Waals surface area contributed by atoms with E-state index < -0.39 is 0 Å². The average Bonchev–Trinajstić information content (AvgIpc) is 3.02. The number of aromatic nitrogens is 2. The summed E-state index contributed by atoms with van der Waals surface area (Å²) >= 11 is 0. The number of ether oxygens (including phenoxy) is 2. The lowest BCUT2D eigenvalue weighted by Crippen LogP contribution is -1.99. The van der Waals surface area contributed by atoms with Crippen LogP contribution in [-0.4, -0.2) is 23.2 Å². The van der Waals surface area contributed by atoms with Gasteiger partial charge in [-0.05, 0) is 61.4 Å². The Morgan fingerprint density at radius 1 is 0.381 bits per heavy atom. The molecule has 42 heavy (non-hydrogen) atoms. The van der Waals surface area contributed by atoms with Gasteiger partial charge in [-0.1, -0.05) is 87.8 Å². The molecule has 0 unspecified atom stereocenters. The lowest BCUT2D eigenvalue weighted by Gasteiger charge is -2.17. The molecule has 6 aromatic rings. The fourth-order valence-corrected chi connectivity index (χ4v) is 6.46. The minimum absolute atomic E-state index is 0.740. The molecule has 0 atom stereocenters. The molecule has 4 bridgehead atoms. The quantitative estimate of drug-likeness (QED) is 0.175. The zero-order valence-corrected chi connectivity index (χ0v) is 24.3. The number of hydrogen-bond donors (Lipinski definition) is 0. The molecule has 0 saturated carbocycles. The van der Waals surface area contributed by atoms with Crippen molar-refractivity contribution < 1.29 is 9.47 Å². The summed E-state index contributed by atoms with van der Waals surface area (Å²) in [6.45, 7) is 1.48. The van der Waals surface area contributed by atoms with Crippen LogP contribution in [0.15, 0.2) is 84.9 Å². The van der Waals surface area contributed by atoms with E-state index in [1.54, 1.807) is 0 Å². The number of hydrogen-bond acceptors (Lipinski definition) is 4. The van der Waals surface area contributed by atoms with Crippen LogP contribution in [0.2, 0.25) is 0 Å². The maximum atomic E-state index is 6.34. The summed E-state index contributed by atoms with van der Waals surface area (Å²) in [5.74, 6) is 1.80. The molecule has 3 heterocycles. The van der Waals surface area contributed by atoms with Gasteiger partial charge in [-0.25, -0.2) is 9.97 Å². The summed E-state index contributed by atoms with van der Waals surface area (Å²) in [5, 5.41) is 4.44. The predicted molar refractivity (Wildman–Crippen MR) is 175 cm³/mol. The molecule has 4 heteroatoms. The van der Waals surface area contributed by atoms with Gasteiger partial charge in [-0.3, -0.25) is 0 Å². The van der Waals surface area contributed by atoms with Gasteiger partial charge in [-0.15, -0.1) is 0 Å². The number of pyridine rings is 2. The van der Waals surface area contributed by atoms with Crippen LogP contribution in [0.1, 0.15) is 64.2 Å². The number of rotatable bonds is 0. The number of benzene rings is 4. The highest BCUT2D eigenvalue weighted by Gasteiger charge is 2.19. The largest absolute Gasteiger partial charge is 0.494 e. The van der Waals surface area contributed by atoms with Crippen LogP contribution in [-0.2, 0) is 0 Å². The molecule has 1 aliphatic rings. The second kappa shape index (κ2) is 12.4. The Hall–Kier alpha value is -4.18. The zero-order chi connectivity index (χ0) is 28.1. The van der Waals surface area contributed by atoms with Crippen molar-refractivity contribution in [3.05, 3.63) is 84.9 Å². The summed E-state index contributed by atoms with van der Waals surface area (Å²) in [7, 11) is 0. The van der Waals surface area contributed by atoms with E-state index in [0.29, 0.717) is 0 Å². The van der Waals surface area contributed by atoms with Crippen LogP contribution in [0.3, 0.4) is 0 Å². The van der Waals surface area contributed by atoms with Crippen LogP contribution in [0, 0.1) is 0 Å². The Labute approximate surface area is 247 Å². The Morgan fingerprint density at radius 2 is 0.762 bits per heavy atom. The third kappa shape index (κ3) is 5.51. The summed E-state index contributed by atoms with van der Waals surface area (Å²) < 4.78 is 12.7. The molecule has 212 valence electrons. The average molecular weight is 555 g/mol. The molecule has 0 N–H and O–H groups in total. The van der Waals surface area contributed by atoms with Crippen molar-refractivity contribution in [2.75, 3.05) is 13.2 Å². The lowest BCUT2D eigenvalue weighted by molar-refractivity contribution is 0.303. The van der Waals surface area contributed by atoms with Gasteiger partial charge in [0.2, 0.25) is 0 Å². The van der Waals surface area contributed by atoms with Crippen molar-refractivity contribution in [1.29, 1.82) is 0 Å². The van der Waals surface area contributed by atoms with Crippen LogP contribution < -0.4 is 9.47 Å². The van der Waals surface area contributed by atoms with Crippen LogP contribution >= 0.6 is 0 Å². The van der Waals surface area contributed by atoms with E-state index in [9.17, 15) is 0 Å². The van der Waals surface area contributed by atoms with Crippen molar-refractivity contribution in [1.82, 2.24) is 9.97 Å². The number of nitrogens with zero attached hydrogens (tertiary/aromatic N) is 2. The third-order valence-corrected chi connectivity index (χ3v) is 8.63. The van der Waals surface area contributed by atoms with E-state index in [1.807, 2.05) is 0 Å². The first-order chi connectivity index (χ1) is 20.8. The molecule has 0 saturated heterocycles. The Morgan fingerprint density at radius 3 is 1.21 bits per heavy atom. The Balaban J connectivity index is 1.44. The van der Waals surface area contributed by atoms with E-state index in [0.717, 1.165) is 81.2 Å². The summed E-state index contributed by atoms with van der Waals surface area (Å²) in [5.41, 5.74) is 6.24. The molecule has 4 aromatic carbocycles. The van der Waals surface area contributed by atoms with Gasteiger partial charge in [0.25, 0.3) is 0 Å². The third-order valence-electron chi connectivity index (χ3n) is 8.63. The molecule has 0 aliphatic carbocycles. The topological polar surface area (TPSA) is 44.2 Å². The van der Waals surface area contributed by atoms with Gasteiger partial charge in [0, 0.05) is 32.7 Å². The zero-order valence-electron chi connectivity index (χ0n) is 24.3. The molecular formula is C38H38N2O2. The number of para-hydroxylation sites is 2. The molecule has 1 aliphatic heterocycles. The highest BCUT2D eigenvalue weighted by molar-refractivity contribution is 6.20. The van der Waals surface area contributed by atoms with Crippen LogP contribution in [0.4, 0.5) is 0 Å². The molecule has 0 fully saturated rings. The lowest BCUT2D eigenvalue weighted by atomic mass is 9.90. The van der Waals surface area contributed by atoms with E-state index in [2.05, 4.69) is 84.9 Å².